The maximum atomic E-state index is 5.94. The monoisotopic (exact) mass is 287 g/mol. The first-order chi connectivity index (χ1) is 10.2. The largest absolute Gasteiger partial charge is 0.439 e. The van der Waals surface area contributed by atoms with Crippen molar-refractivity contribution in [3.63, 3.8) is 0 Å². The zero-order chi connectivity index (χ0) is 14.8. The molecule has 1 aliphatic rings. The van der Waals surface area contributed by atoms with E-state index in [0.29, 0.717) is 11.7 Å². The standard InChI is InChI=1S/C17H25N3O/c1-3-12-7-9-13(10-8-12)20(2)11-16-19-17-14(18)5-4-6-15(17)21-16/h4-6,12-13H,3,7-11,18H2,1-2H3. The van der Waals surface area contributed by atoms with E-state index in [4.69, 9.17) is 10.2 Å². The number of anilines is 1. The molecule has 1 aromatic carbocycles. The summed E-state index contributed by atoms with van der Waals surface area (Å²) in [4.78, 5) is 6.93. The van der Waals surface area contributed by atoms with Gasteiger partial charge in [-0.1, -0.05) is 19.4 Å². The Morgan fingerprint density at radius 3 is 2.71 bits per heavy atom. The highest BCUT2D eigenvalue weighted by Crippen LogP contribution is 2.30. The maximum absolute atomic E-state index is 5.94. The van der Waals surface area contributed by atoms with Crippen molar-refractivity contribution < 1.29 is 4.42 Å². The minimum absolute atomic E-state index is 0.653. The highest BCUT2D eigenvalue weighted by atomic mass is 16.3. The molecule has 1 saturated carbocycles. The summed E-state index contributed by atoms with van der Waals surface area (Å²) >= 11 is 0. The quantitative estimate of drug-likeness (QED) is 0.869. The third-order valence-corrected chi connectivity index (χ3v) is 4.90. The number of hydrogen-bond donors (Lipinski definition) is 1. The predicted octanol–water partition coefficient (Wildman–Crippen LogP) is 3.81. The number of aromatic nitrogens is 1. The van der Waals surface area contributed by atoms with Gasteiger partial charge in [-0.05, 0) is 50.8 Å². The molecular formula is C17H25N3O. The zero-order valence-corrected chi connectivity index (χ0v) is 13.0. The molecule has 1 aliphatic carbocycles. The Morgan fingerprint density at radius 1 is 1.29 bits per heavy atom. The van der Waals surface area contributed by atoms with Crippen LogP contribution in [0.15, 0.2) is 22.6 Å². The molecule has 0 atom stereocenters. The lowest BCUT2D eigenvalue weighted by atomic mass is 9.84. The second-order valence-electron chi connectivity index (χ2n) is 6.30. The first kappa shape index (κ1) is 14.4. The van der Waals surface area contributed by atoms with Gasteiger partial charge in [0.25, 0.3) is 0 Å². The molecule has 2 aromatic rings. The van der Waals surface area contributed by atoms with Gasteiger partial charge < -0.3 is 10.2 Å². The Labute approximate surface area is 126 Å². The highest BCUT2D eigenvalue weighted by molar-refractivity contribution is 5.85. The van der Waals surface area contributed by atoms with Gasteiger partial charge in [-0.25, -0.2) is 4.98 Å². The predicted molar refractivity (Wildman–Crippen MR) is 85.9 cm³/mol. The SMILES string of the molecule is CCC1CCC(N(C)Cc2nc3c(N)cccc3o2)CC1. The average Bonchev–Trinajstić information content (AvgIpc) is 2.91. The van der Waals surface area contributed by atoms with E-state index in [2.05, 4.69) is 23.9 Å². The number of nitrogen functional groups attached to an aromatic ring is 1. The Bertz CT molecular complexity index is 599. The van der Waals surface area contributed by atoms with E-state index < -0.39 is 0 Å². The molecular weight excluding hydrogens is 262 g/mol. The van der Waals surface area contributed by atoms with E-state index in [9.17, 15) is 0 Å². The van der Waals surface area contributed by atoms with Crippen LogP contribution in [0.5, 0.6) is 0 Å². The van der Waals surface area contributed by atoms with Crippen LogP contribution in [0.2, 0.25) is 0 Å². The fourth-order valence-corrected chi connectivity index (χ4v) is 3.42. The van der Waals surface area contributed by atoms with Crippen LogP contribution in [0.3, 0.4) is 0 Å². The number of hydrogen-bond acceptors (Lipinski definition) is 4. The van der Waals surface area contributed by atoms with Gasteiger partial charge in [-0.3, -0.25) is 4.90 Å². The summed E-state index contributed by atoms with van der Waals surface area (Å²) in [5.74, 6) is 1.70. The van der Waals surface area contributed by atoms with Crippen molar-refractivity contribution in [2.75, 3.05) is 12.8 Å². The lowest BCUT2D eigenvalue weighted by Crippen LogP contribution is -2.34. The summed E-state index contributed by atoms with van der Waals surface area (Å²) in [6.45, 7) is 3.06. The molecule has 1 aromatic heterocycles. The van der Waals surface area contributed by atoms with Crippen LogP contribution in [-0.4, -0.2) is 23.0 Å². The second kappa shape index (κ2) is 6.06. The fraction of sp³-hybridized carbons (Fsp3) is 0.588. The molecule has 2 N–H and O–H groups in total. The fourth-order valence-electron chi connectivity index (χ4n) is 3.42. The minimum atomic E-state index is 0.653. The van der Waals surface area contributed by atoms with E-state index in [0.717, 1.165) is 29.5 Å². The molecule has 0 amide bonds. The van der Waals surface area contributed by atoms with E-state index in [-0.39, 0.29) is 0 Å². The minimum Gasteiger partial charge on any atom is -0.439 e. The third kappa shape index (κ3) is 3.05. The van der Waals surface area contributed by atoms with Gasteiger partial charge in [0, 0.05) is 6.04 Å². The first-order valence-corrected chi connectivity index (χ1v) is 8.01. The Balaban J connectivity index is 1.66. The number of rotatable bonds is 4. The summed E-state index contributed by atoms with van der Waals surface area (Å²) in [5, 5.41) is 0. The average molecular weight is 287 g/mol. The van der Waals surface area contributed by atoms with Crippen LogP contribution >= 0.6 is 0 Å². The van der Waals surface area contributed by atoms with Crippen LogP contribution in [0.25, 0.3) is 11.1 Å². The highest BCUT2D eigenvalue weighted by Gasteiger charge is 2.24. The number of nitrogens with two attached hydrogens (primary N) is 1. The molecule has 1 fully saturated rings. The summed E-state index contributed by atoms with van der Waals surface area (Å²) in [7, 11) is 2.18. The van der Waals surface area contributed by atoms with E-state index in [1.165, 1.54) is 32.1 Å². The Kier molecular flexibility index (Phi) is 4.15. The summed E-state index contributed by atoms with van der Waals surface area (Å²) in [6.07, 6.45) is 6.60. The van der Waals surface area contributed by atoms with E-state index >= 15 is 0 Å². The molecule has 0 unspecified atom stereocenters. The molecule has 0 aliphatic heterocycles. The van der Waals surface area contributed by atoms with Crippen molar-refractivity contribution in [1.29, 1.82) is 0 Å². The Morgan fingerprint density at radius 2 is 2.05 bits per heavy atom. The molecule has 0 spiro atoms. The van der Waals surface area contributed by atoms with Crippen molar-refractivity contribution in [2.45, 2.75) is 51.6 Å². The van der Waals surface area contributed by atoms with Gasteiger partial charge in [0.1, 0.15) is 5.52 Å². The number of para-hydroxylation sites is 1. The van der Waals surface area contributed by atoms with Gasteiger partial charge in [0.2, 0.25) is 5.89 Å². The molecule has 21 heavy (non-hydrogen) atoms. The molecule has 4 heteroatoms. The summed E-state index contributed by atoms with van der Waals surface area (Å²) in [6, 6.07) is 6.35. The summed E-state index contributed by atoms with van der Waals surface area (Å²) < 4.78 is 5.82. The second-order valence-corrected chi connectivity index (χ2v) is 6.30. The number of fused-ring (bicyclic) bond motifs is 1. The molecule has 0 saturated heterocycles. The van der Waals surface area contributed by atoms with Gasteiger partial charge >= 0.3 is 0 Å². The maximum Gasteiger partial charge on any atom is 0.209 e. The molecule has 0 bridgehead atoms. The smallest absolute Gasteiger partial charge is 0.209 e. The van der Waals surface area contributed by atoms with Crippen LogP contribution in [0.1, 0.15) is 44.9 Å². The van der Waals surface area contributed by atoms with E-state index in [1.54, 1.807) is 0 Å². The van der Waals surface area contributed by atoms with Gasteiger partial charge in [-0.2, -0.15) is 0 Å². The van der Waals surface area contributed by atoms with Crippen molar-refractivity contribution in [2.24, 2.45) is 5.92 Å². The van der Waals surface area contributed by atoms with E-state index in [1.807, 2.05) is 18.2 Å². The van der Waals surface area contributed by atoms with Gasteiger partial charge in [-0.15, -0.1) is 0 Å². The lowest BCUT2D eigenvalue weighted by Gasteiger charge is -2.33. The molecule has 0 radical (unpaired) electrons. The van der Waals surface area contributed by atoms with Crippen molar-refractivity contribution >= 4 is 16.8 Å². The third-order valence-electron chi connectivity index (χ3n) is 4.90. The van der Waals surface area contributed by atoms with Crippen molar-refractivity contribution in [1.82, 2.24) is 9.88 Å². The van der Waals surface area contributed by atoms with Crippen molar-refractivity contribution in [3.05, 3.63) is 24.1 Å². The molecule has 3 rings (SSSR count). The van der Waals surface area contributed by atoms with Crippen LogP contribution in [0, 0.1) is 5.92 Å². The molecule has 4 nitrogen and oxygen atoms in total. The van der Waals surface area contributed by atoms with Crippen LogP contribution < -0.4 is 5.73 Å². The topological polar surface area (TPSA) is 55.3 Å². The summed E-state index contributed by atoms with van der Waals surface area (Å²) in [5.41, 5.74) is 8.20. The van der Waals surface area contributed by atoms with Gasteiger partial charge in [0.15, 0.2) is 5.58 Å². The number of nitrogens with zero attached hydrogens (tertiary/aromatic N) is 2. The van der Waals surface area contributed by atoms with Crippen LogP contribution in [-0.2, 0) is 6.54 Å². The number of benzene rings is 1. The number of oxazole rings is 1. The molecule has 1 heterocycles. The van der Waals surface area contributed by atoms with Crippen LogP contribution in [0.4, 0.5) is 5.69 Å². The van der Waals surface area contributed by atoms with Crippen molar-refractivity contribution in [3.8, 4) is 0 Å². The zero-order valence-electron chi connectivity index (χ0n) is 13.0. The first-order valence-electron chi connectivity index (χ1n) is 8.01. The lowest BCUT2D eigenvalue weighted by molar-refractivity contribution is 0.148. The Hall–Kier alpha value is -1.55. The van der Waals surface area contributed by atoms with Gasteiger partial charge in [0.05, 0.1) is 12.2 Å². The normalized spacial score (nSPS) is 23.0. The molecule has 114 valence electrons.